The van der Waals surface area contributed by atoms with E-state index >= 15 is 0 Å². The summed E-state index contributed by atoms with van der Waals surface area (Å²) in [7, 11) is 0. The minimum Gasteiger partial charge on any atom is -0.508 e. The van der Waals surface area contributed by atoms with Crippen molar-refractivity contribution in [3.05, 3.63) is 68.4 Å². The van der Waals surface area contributed by atoms with Crippen molar-refractivity contribution in [2.45, 2.75) is 19.1 Å². The van der Waals surface area contributed by atoms with Crippen LogP contribution in [0.1, 0.15) is 24.0 Å². The van der Waals surface area contributed by atoms with Gasteiger partial charge < -0.3 is 33.6 Å². The number of aromatic hydroxyl groups is 3. The Kier molecular flexibility index (Phi) is 4.16. The van der Waals surface area contributed by atoms with Crippen LogP contribution >= 0.6 is 0 Å². The predicted molar refractivity (Wildman–Crippen MR) is 108 cm³/mol. The smallest absolute Gasteiger partial charge is 0.344 e. The lowest BCUT2D eigenvalue weighted by molar-refractivity contribution is -0.0698. The fourth-order valence-corrected chi connectivity index (χ4v) is 3.93. The molecule has 0 spiro atoms. The fraction of sp³-hybridized carbons (Fsp3) is 0.182. The molecular formula is C22H16O9. The molecule has 3 N–H and O–H groups in total. The third kappa shape index (κ3) is 2.82. The van der Waals surface area contributed by atoms with Crippen molar-refractivity contribution in [1.29, 1.82) is 0 Å². The van der Waals surface area contributed by atoms with E-state index in [2.05, 4.69) is 0 Å². The van der Waals surface area contributed by atoms with Gasteiger partial charge in [0.2, 0.25) is 6.29 Å². The summed E-state index contributed by atoms with van der Waals surface area (Å²) in [4.78, 5) is 25.7. The fourth-order valence-electron chi connectivity index (χ4n) is 3.93. The summed E-state index contributed by atoms with van der Waals surface area (Å²) in [6, 6.07) is 8.05. The van der Waals surface area contributed by atoms with Crippen LogP contribution in [0.4, 0.5) is 0 Å². The Hall–Kier alpha value is -3.98. The van der Waals surface area contributed by atoms with Crippen LogP contribution in [-0.4, -0.2) is 28.2 Å². The first-order chi connectivity index (χ1) is 14.9. The van der Waals surface area contributed by atoms with Gasteiger partial charge in [0.25, 0.3) is 0 Å². The molecule has 0 fully saturated rings. The summed E-state index contributed by atoms with van der Waals surface area (Å²) in [6.07, 6.45) is -1.14. The minimum atomic E-state index is -1.17. The number of benzene rings is 2. The van der Waals surface area contributed by atoms with Gasteiger partial charge in [-0.1, -0.05) is 0 Å². The van der Waals surface area contributed by atoms with Crippen molar-refractivity contribution in [3.8, 4) is 23.0 Å². The van der Waals surface area contributed by atoms with Gasteiger partial charge in [-0.15, -0.1) is 0 Å². The van der Waals surface area contributed by atoms with Gasteiger partial charge in [0.1, 0.15) is 34.2 Å². The maximum atomic E-state index is 12.9. The molecule has 0 amide bonds. The van der Waals surface area contributed by atoms with Crippen molar-refractivity contribution in [3.63, 3.8) is 0 Å². The zero-order valence-electron chi connectivity index (χ0n) is 16.1. The maximum Gasteiger partial charge on any atom is 0.344 e. The standard InChI is InChI=1S/C22H16O9/c1-2-28-22-15(16-18(25)11-7-9(23)3-5-13(11)29-20(16)26)17-19(31-22)12-8-10(24)4-6-14(12)30-21(17)27/h3-8,15,22-25H,2H2,1H3. The highest BCUT2D eigenvalue weighted by atomic mass is 16.7. The number of fused-ring (bicyclic) bond motifs is 4. The second kappa shape index (κ2) is 6.78. The van der Waals surface area contributed by atoms with Gasteiger partial charge in [-0.05, 0) is 43.3 Å². The highest BCUT2D eigenvalue weighted by Gasteiger charge is 2.44. The number of rotatable bonds is 3. The lowest BCUT2D eigenvalue weighted by Crippen LogP contribution is -2.29. The second-order valence-electron chi connectivity index (χ2n) is 7.06. The third-order valence-electron chi connectivity index (χ3n) is 5.23. The van der Waals surface area contributed by atoms with Gasteiger partial charge in [-0.3, -0.25) is 0 Å². The minimum absolute atomic E-state index is 0.0429. The molecule has 1 aliphatic rings. The van der Waals surface area contributed by atoms with E-state index in [4.69, 9.17) is 18.3 Å². The molecule has 2 aromatic carbocycles. The molecule has 9 nitrogen and oxygen atoms in total. The average molecular weight is 424 g/mol. The van der Waals surface area contributed by atoms with Crippen LogP contribution in [0, 0.1) is 0 Å². The Morgan fingerprint density at radius 3 is 2.10 bits per heavy atom. The van der Waals surface area contributed by atoms with Crippen molar-refractivity contribution in [1.82, 2.24) is 0 Å². The molecule has 9 heteroatoms. The monoisotopic (exact) mass is 424 g/mol. The summed E-state index contributed by atoms with van der Waals surface area (Å²) in [5.74, 6) is -1.77. The molecule has 31 heavy (non-hydrogen) atoms. The molecule has 2 unspecified atom stereocenters. The first kappa shape index (κ1) is 19.0. The molecule has 0 saturated heterocycles. The van der Waals surface area contributed by atoms with Crippen LogP contribution < -0.4 is 16.0 Å². The molecular weight excluding hydrogens is 408 g/mol. The van der Waals surface area contributed by atoms with E-state index in [1.807, 2.05) is 0 Å². The summed E-state index contributed by atoms with van der Waals surface area (Å²) >= 11 is 0. The topological polar surface area (TPSA) is 140 Å². The molecule has 158 valence electrons. The summed E-state index contributed by atoms with van der Waals surface area (Å²) < 4.78 is 22.2. The van der Waals surface area contributed by atoms with Gasteiger partial charge in [0, 0.05) is 6.61 Å². The van der Waals surface area contributed by atoms with Crippen LogP contribution in [0.15, 0.2) is 54.8 Å². The molecule has 0 saturated carbocycles. The SMILES string of the molecule is CCOC1Oc2c(c(=O)oc3ccc(O)cc23)C1c1c(O)c2cc(O)ccc2oc1=O. The van der Waals surface area contributed by atoms with Gasteiger partial charge in [-0.2, -0.15) is 0 Å². The number of ether oxygens (including phenoxy) is 2. The second-order valence-corrected chi connectivity index (χ2v) is 7.06. The lowest BCUT2D eigenvalue weighted by atomic mass is 9.92. The van der Waals surface area contributed by atoms with Gasteiger partial charge >= 0.3 is 11.3 Å². The molecule has 0 aliphatic carbocycles. The van der Waals surface area contributed by atoms with Crippen LogP contribution in [0.2, 0.25) is 0 Å². The van der Waals surface area contributed by atoms with Crippen LogP contribution in [0.5, 0.6) is 23.0 Å². The first-order valence-corrected chi connectivity index (χ1v) is 9.45. The Morgan fingerprint density at radius 1 is 0.871 bits per heavy atom. The average Bonchev–Trinajstić information content (AvgIpc) is 3.10. The zero-order valence-corrected chi connectivity index (χ0v) is 16.1. The molecule has 0 bridgehead atoms. The van der Waals surface area contributed by atoms with E-state index in [0.29, 0.717) is 5.39 Å². The third-order valence-corrected chi connectivity index (χ3v) is 5.23. The van der Waals surface area contributed by atoms with E-state index in [9.17, 15) is 24.9 Å². The normalized spacial score (nSPS) is 17.7. The van der Waals surface area contributed by atoms with Crippen LogP contribution in [-0.2, 0) is 4.74 Å². The highest BCUT2D eigenvalue weighted by molar-refractivity contribution is 5.88. The summed E-state index contributed by atoms with van der Waals surface area (Å²) in [5, 5.41) is 31.0. The first-order valence-electron chi connectivity index (χ1n) is 9.45. The van der Waals surface area contributed by atoms with Gasteiger partial charge in [0.15, 0.2) is 0 Å². The van der Waals surface area contributed by atoms with E-state index in [1.54, 1.807) is 6.92 Å². The molecule has 2 atom stereocenters. The Bertz CT molecular complexity index is 1460. The van der Waals surface area contributed by atoms with Crippen molar-refractivity contribution in [2.24, 2.45) is 0 Å². The van der Waals surface area contributed by atoms with Crippen molar-refractivity contribution < 1.29 is 33.6 Å². The summed E-state index contributed by atoms with van der Waals surface area (Å²) in [5.41, 5.74) is -1.74. The Balaban J connectivity index is 1.84. The number of hydrogen-bond acceptors (Lipinski definition) is 9. The highest BCUT2D eigenvalue weighted by Crippen LogP contribution is 2.47. The Labute approximate surface area is 173 Å². The number of hydrogen-bond donors (Lipinski definition) is 3. The zero-order chi connectivity index (χ0) is 21.9. The van der Waals surface area contributed by atoms with Crippen molar-refractivity contribution in [2.75, 3.05) is 6.61 Å². The van der Waals surface area contributed by atoms with E-state index in [0.717, 1.165) is 0 Å². The number of phenols is 2. The Morgan fingerprint density at radius 2 is 1.45 bits per heavy atom. The number of phenolic OH excluding ortho intramolecular Hbond substituents is 2. The largest absolute Gasteiger partial charge is 0.508 e. The maximum absolute atomic E-state index is 12.9. The van der Waals surface area contributed by atoms with Gasteiger partial charge in [0.05, 0.1) is 27.8 Å². The molecule has 5 rings (SSSR count). The van der Waals surface area contributed by atoms with E-state index in [-0.39, 0.29) is 51.5 Å². The quantitative estimate of drug-likeness (QED) is 0.424. The molecule has 4 aromatic rings. The molecule has 1 aliphatic heterocycles. The molecule has 2 aromatic heterocycles. The van der Waals surface area contributed by atoms with E-state index < -0.39 is 29.2 Å². The van der Waals surface area contributed by atoms with E-state index in [1.165, 1.54) is 36.4 Å². The van der Waals surface area contributed by atoms with Crippen LogP contribution in [0.25, 0.3) is 21.9 Å². The van der Waals surface area contributed by atoms with Gasteiger partial charge in [-0.25, -0.2) is 9.59 Å². The van der Waals surface area contributed by atoms with Crippen molar-refractivity contribution >= 4 is 21.9 Å². The van der Waals surface area contributed by atoms with Crippen LogP contribution in [0.3, 0.4) is 0 Å². The lowest BCUT2D eigenvalue weighted by Gasteiger charge is -2.19. The molecule has 0 radical (unpaired) electrons. The summed E-state index contributed by atoms with van der Waals surface area (Å²) in [6.45, 7) is 1.89. The molecule has 3 heterocycles. The predicted octanol–water partition coefficient (Wildman–Crippen LogP) is 2.90.